The van der Waals surface area contributed by atoms with E-state index in [4.69, 9.17) is 9.72 Å². The van der Waals surface area contributed by atoms with Crippen LogP contribution < -0.4 is 14.7 Å². The third kappa shape index (κ3) is 4.02. The average Bonchev–Trinajstić information content (AvgIpc) is 2.74. The molecule has 0 bridgehead atoms. The predicted octanol–water partition coefficient (Wildman–Crippen LogP) is 0.438. The topological polar surface area (TPSA) is 91.8 Å². The molecule has 0 aliphatic carbocycles. The minimum atomic E-state index is -3.32. The Hall–Kier alpha value is -2.46. The quantitative estimate of drug-likeness (QED) is 0.720. The van der Waals surface area contributed by atoms with Gasteiger partial charge in [-0.1, -0.05) is 0 Å². The fourth-order valence-corrected chi connectivity index (χ4v) is 4.33. The summed E-state index contributed by atoms with van der Waals surface area (Å²) >= 11 is 0. The Kier molecular flexibility index (Phi) is 5.31. The van der Waals surface area contributed by atoms with Crippen LogP contribution >= 0.6 is 0 Å². The SMILES string of the molecule is CS(=O)(=O)c1cccnc1N1CCN(c2ccnc(N3CCOCC3)n2)CC1. The Bertz CT molecular complexity index is 924. The maximum absolute atomic E-state index is 12.1. The van der Waals surface area contributed by atoms with Crippen LogP contribution in [0.3, 0.4) is 0 Å². The first kappa shape index (κ1) is 18.9. The van der Waals surface area contributed by atoms with Gasteiger partial charge in [0.2, 0.25) is 5.95 Å². The minimum Gasteiger partial charge on any atom is -0.378 e. The molecule has 4 heterocycles. The molecule has 9 nitrogen and oxygen atoms in total. The first-order chi connectivity index (χ1) is 13.5. The zero-order chi connectivity index (χ0) is 19.6. The second-order valence-electron chi connectivity index (χ2n) is 6.89. The van der Waals surface area contributed by atoms with Crippen LogP contribution in [0.4, 0.5) is 17.6 Å². The summed E-state index contributed by atoms with van der Waals surface area (Å²) in [5.74, 6) is 2.15. The van der Waals surface area contributed by atoms with Gasteiger partial charge in [0.25, 0.3) is 0 Å². The highest BCUT2D eigenvalue weighted by molar-refractivity contribution is 7.90. The van der Waals surface area contributed by atoms with Crippen LogP contribution in [0, 0.1) is 0 Å². The van der Waals surface area contributed by atoms with E-state index < -0.39 is 9.84 Å². The van der Waals surface area contributed by atoms with Crippen molar-refractivity contribution in [2.24, 2.45) is 0 Å². The molecule has 2 fully saturated rings. The molecule has 0 radical (unpaired) electrons. The highest BCUT2D eigenvalue weighted by Crippen LogP contribution is 2.25. The molecule has 2 aromatic heterocycles. The van der Waals surface area contributed by atoms with Gasteiger partial charge in [-0.2, -0.15) is 4.98 Å². The van der Waals surface area contributed by atoms with E-state index in [-0.39, 0.29) is 4.90 Å². The summed E-state index contributed by atoms with van der Waals surface area (Å²) in [7, 11) is -3.32. The molecule has 0 amide bonds. The third-order valence-corrected chi connectivity index (χ3v) is 6.09. The summed E-state index contributed by atoms with van der Waals surface area (Å²) in [6.07, 6.45) is 4.65. The van der Waals surface area contributed by atoms with E-state index in [0.717, 1.165) is 37.9 Å². The van der Waals surface area contributed by atoms with Crippen molar-refractivity contribution < 1.29 is 13.2 Å². The molecule has 0 spiro atoms. The number of pyridine rings is 1. The van der Waals surface area contributed by atoms with Gasteiger partial charge in [-0.15, -0.1) is 0 Å². The first-order valence-corrected chi connectivity index (χ1v) is 11.2. The Morgan fingerprint density at radius 1 is 0.893 bits per heavy atom. The van der Waals surface area contributed by atoms with Gasteiger partial charge in [-0.25, -0.2) is 18.4 Å². The second kappa shape index (κ2) is 7.88. The summed E-state index contributed by atoms with van der Waals surface area (Å²) in [4.78, 5) is 20.1. The molecule has 0 N–H and O–H groups in total. The Morgan fingerprint density at radius 3 is 2.32 bits per heavy atom. The smallest absolute Gasteiger partial charge is 0.227 e. The average molecular weight is 404 g/mol. The van der Waals surface area contributed by atoms with E-state index in [1.54, 1.807) is 24.5 Å². The number of hydrogen-bond donors (Lipinski definition) is 0. The molecule has 10 heteroatoms. The van der Waals surface area contributed by atoms with E-state index in [1.165, 1.54) is 6.26 Å². The molecule has 150 valence electrons. The lowest BCUT2D eigenvalue weighted by Crippen LogP contribution is -2.47. The van der Waals surface area contributed by atoms with Crippen LogP contribution in [-0.2, 0) is 14.6 Å². The number of piperazine rings is 1. The van der Waals surface area contributed by atoms with Crippen LogP contribution in [0.2, 0.25) is 0 Å². The number of morpholine rings is 1. The molecule has 0 saturated carbocycles. The fraction of sp³-hybridized carbons (Fsp3) is 0.500. The maximum Gasteiger partial charge on any atom is 0.227 e. The van der Waals surface area contributed by atoms with Crippen LogP contribution in [0.25, 0.3) is 0 Å². The lowest BCUT2D eigenvalue weighted by molar-refractivity contribution is 0.122. The normalized spacial score (nSPS) is 18.4. The van der Waals surface area contributed by atoms with E-state index in [0.29, 0.717) is 32.1 Å². The van der Waals surface area contributed by atoms with Crippen LogP contribution in [-0.4, -0.2) is 82.1 Å². The van der Waals surface area contributed by atoms with Crippen molar-refractivity contribution >= 4 is 27.4 Å². The van der Waals surface area contributed by atoms with Crippen molar-refractivity contribution in [2.45, 2.75) is 4.90 Å². The van der Waals surface area contributed by atoms with E-state index >= 15 is 0 Å². The molecule has 0 unspecified atom stereocenters. The lowest BCUT2D eigenvalue weighted by atomic mass is 10.3. The second-order valence-corrected chi connectivity index (χ2v) is 8.87. The Balaban J connectivity index is 1.47. The van der Waals surface area contributed by atoms with Crippen molar-refractivity contribution in [3.8, 4) is 0 Å². The molecule has 28 heavy (non-hydrogen) atoms. The molecule has 2 aliphatic heterocycles. The highest BCUT2D eigenvalue weighted by atomic mass is 32.2. The molecule has 4 rings (SSSR count). The number of nitrogens with zero attached hydrogens (tertiary/aromatic N) is 6. The number of sulfone groups is 1. The van der Waals surface area contributed by atoms with E-state index in [2.05, 4.69) is 19.8 Å². The molecule has 2 aliphatic rings. The van der Waals surface area contributed by atoms with Crippen LogP contribution in [0.15, 0.2) is 35.5 Å². The number of rotatable bonds is 4. The minimum absolute atomic E-state index is 0.278. The van der Waals surface area contributed by atoms with Gasteiger partial charge < -0.3 is 19.4 Å². The Labute approximate surface area is 164 Å². The van der Waals surface area contributed by atoms with Crippen molar-refractivity contribution in [1.82, 2.24) is 15.0 Å². The van der Waals surface area contributed by atoms with E-state index in [9.17, 15) is 8.42 Å². The molecule has 2 saturated heterocycles. The number of hydrogen-bond acceptors (Lipinski definition) is 9. The summed E-state index contributed by atoms with van der Waals surface area (Å²) in [5.41, 5.74) is 0. The number of ether oxygens (including phenoxy) is 1. The van der Waals surface area contributed by atoms with Crippen LogP contribution in [0.1, 0.15) is 0 Å². The van der Waals surface area contributed by atoms with Crippen molar-refractivity contribution in [3.05, 3.63) is 30.6 Å². The number of anilines is 3. The first-order valence-electron chi connectivity index (χ1n) is 9.33. The highest BCUT2D eigenvalue weighted by Gasteiger charge is 2.24. The van der Waals surface area contributed by atoms with Crippen LogP contribution in [0.5, 0.6) is 0 Å². The largest absolute Gasteiger partial charge is 0.378 e. The number of aromatic nitrogens is 3. The summed E-state index contributed by atoms with van der Waals surface area (Å²) < 4.78 is 29.5. The molecular formula is C18H24N6O3S. The van der Waals surface area contributed by atoms with Gasteiger partial charge in [-0.3, -0.25) is 0 Å². The fourth-order valence-electron chi connectivity index (χ4n) is 3.49. The van der Waals surface area contributed by atoms with Gasteiger partial charge in [0.15, 0.2) is 9.84 Å². The van der Waals surface area contributed by atoms with Crippen molar-refractivity contribution in [3.63, 3.8) is 0 Å². The van der Waals surface area contributed by atoms with Crippen molar-refractivity contribution in [2.75, 3.05) is 73.4 Å². The molecular weight excluding hydrogens is 380 g/mol. The maximum atomic E-state index is 12.1. The lowest BCUT2D eigenvalue weighted by Gasteiger charge is -2.37. The molecule has 0 atom stereocenters. The summed E-state index contributed by atoms with van der Waals surface area (Å²) in [6.45, 7) is 5.81. The molecule has 0 aromatic carbocycles. The predicted molar refractivity (Wildman–Crippen MR) is 107 cm³/mol. The van der Waals surface area contributed by atoms with Gasteiger partial charge >= 0.3 is 0 Å². The van der Waals surface area contributed by atoms with Crippen molar-refractivity contribution in [1.29, 1.82) is 0 Å². The van der Waals surface area contributed by atoms with Gasteiger partial charge in [0.1, 0.15) is 16.5 Å². The third-order valence-electron chi connectivity index (χ3n) is 4.98. The van der Waals surface area contributed by atoms with Gasteiger partial charge in [0.05, 0.1) is 13.2 Å². The standard InChI is InChI=1S/C18H24N6O3S/c1-28(25,26)15-3-2-5-19-17(15)23-9-7-22(8-10-23)16-4-6-20-18(21-16)24-11-13-27-14-12-24/h2-6H,7-14H2,1H3. The van der Waals surface area contributed by atoms with E-state index in [1.807, 2.05) is 11.0 Å². The molecule has 2 aromatic rings. The monoisotopic (exact) mass is 404 g/mol. The summed E-state index contributed by atoms with van der Waals surface area (Å²) in [6, 6.07) is 5.19. The van der Waals surface area contributed by atoms with Gasteiger partial charge in [0, 0.05) is 57.9 Å². The van der Waals surface area contributed by atoms with Gasteiger partial charge in [-0.05, 0) is 18.2 Å². The Morgan fingerprint density at radius 2 is 1.61 bits per heavy atom. The summed E-state index contributed by atoms with van der Waals surface area (Å²) in [5, 5.41) is 0. The zero-order valence-electron chi connectivity index (χ0n) is 15.9. The zero-order valence-corrected chi connectivity index (χ0v) is 16.7.